The predicted octanol–water partition coefficient (Wildman–Crippen LogP) is 3.29. The topological polar surface area (TPSA) is 50.8 Å². The molecule has 0 radical (unpaired) electrons. The van der Waals surface area contributed by atoms with Crippen LogP contribution < -0.4 is 10.1 Å². The lowest BCUT2D eigenvalue weighted by Gasteiger charge is -2.35. The van der Waals surface area contributed by atoms with Gasteiger partial charge in [0, 0.05) is 24.7 Å². The van der Waals surface area contributed by atoms with Crippen LogP contribution in [0.3, 0.4) is 0 Å². The van der Waals surface area contributed by atoms with Crippen molar-refractivity contribution in [2.45, 2.75) is 6.04 Å². The molecular formula is C20H22ClFN2O3. The summed E-state index contributed by atoms with van der Waals surface area (Å²) in [6.07, 6.45) is 0. The van der Waals surface area contributed by atoms with Gasteiger partial charge in [-0.2, -0.15) is 0 Å². The van der Waals surface area contributed by atoms with E-state index >= 15 is 0 Å². The zero-order chi connectivity index (χ0) is 19.2. The SMILES string of the molecule is COc1ccc(Cl)cc1C(=O)NC[C@@H](c1ccc(F)cc1)N1CCOCC1. The molecule has 2 aromatic carbocycles. The van der Waals surface area contributed by atoms with Gasteiger partial charge in [0.2, 0.25) is 0 Å². The van der Waals surface area contributed by atoms with Crippen LogP contribution in [0.4, 0.5) is 4.39 Å². The van der Waals surface area contributed by atoms with E-state index in [2.05, 4.69) is 10.2 Å². The summed E-state index contributed by atoms with van der Waals surface area (Å²) < 4.78 is 24.0. The summed E-state index contributed by atoms with van der Waals surface area (Å²) >= 11 is 6.02. The Balaban J connectivity index is 1.77. The predicted molar refractivity (Wildman–Crippen MR) is 102 cm³/mol. The van der Waals surface area contributed by atoms with Crippen molar-refractivity contribution < 1.29 is 18.7 Å². The summed E-state index contributed by atoms with van der Waals surface area (Å²) in [5.74, 6) is -0.0940. The van der Waals surface area contributed by atoms with Gasteiger partial charge < -0.3 is 14.8 Å². The maximum absolute atomic E-state index is 13.3. The average molecular weight is 393 g/mol. The first-order chi connectivity index (χ1) is 13.1. The van der Waals surface area contributed by atoms with E-state index < -0.39 is 0 Å². The van der Waals surface area contributed by atoms with Gasteiger partial charge >= 0.3 is 0 Å². The monoisotopic (exact) mass is 392 g/mol. The van der Waals surface area contributed by atoms with Crippen LogP contribution in [0.2, 0.25) is 5.02 Å². The number of hydrogen-bond donors (Lipinski definition) is 1. The molecule has 1 aliphatic rings. The van der Waals surface area contributed by atoms with Crippen LogP contribution in [-0.4, -0.2) is 50.8 Å². The first-order valence-electron chi connectivity index (χ1n) is 8.77. The summed E-state index contributed by atoms with van der Waals surface area (Å²) in [6.45, 7) is 3.14. The zero-order valence-electron chi connectivity index (χ0n) is 15.1. The summed E-state index contributed by atoms with van der Waals surface area (Å²) in [5, 5.41) is 3.42. The van der Waals surface area contributed by atoms with Gasteiger partial charge in [0.1, 0.15) is 11.6 Å². The molecule has 2 aromatic rings. The van der Waals surface area contributed by atoms with Crippen LogP contribution >= 0.6 is 11.6 Å². The highest BCUT2D eigenvalue weighted by Gasteiger charge is 2.24. The van der Waals surface area contributed by atoms with Crippen molar-refractivity contribution in [3.05, 3.63) is 64.4 Å². The van der Waals surface area contributed by atoms with E-state index in [4.69, 9.17) is 21.1 Å². The van der Waals surface area contributed by atoms with E-state index in [1.165, 1.54) is 19.2 Å². The lowest BCUT2D eigenvalue weighted by molar-refractivity contribution is 0.0162. The molecule has 0 bridgehead atoms. The molecule has 5 nitrogen and oxygen atoms in total. The summed E-state index contributed by atoms with van der Waals surface area (Å²) in [7, 11) is 1.51. The van der Waals surface area contributed by atoms with Crippen molar-refractivity contribution in [1.82, 2.24) is 10.2 Å². The Morgan fingerprint density at radius 2 is 1.96 bits per heavy atom. The maximum Gasteiger partial charge on any atom is 0.255 e. The quantitative estimate of drug-likeness (QED) is 0.819. The Morgan fingerprint density at radius 3 is 2.63 bits per heavy atom. The van der Waals surface area contributed by atoms with Gasteiger partial charge in [0.15, 0.2) is 0 Å². The van der Waals surface area contributed by atoms with Crippen molar-refractivity contribution in [2.24, 2.45) is 0 Å². The lowest BCUT2D eigenvalue weighted by Crippen LogP contribution is -2.43. The van der Waals surface area contributed by atoms with Crippen LogP contribution in [-0.2, 0) is 4.74 Å². The number of ether oxygens (including phenoxy) is 2. The third-order valence-corrected chi connectivity index (χ3v) is 4.84. The Labute approximate surface area is 163 Å². The molecule has 1 fully saturated rings. The van der Waals surface area contributed by atoms with Crippen molar-refractivity contribution in [3.8, 4) is 5.75 Å². The third-order valence-electron chi connectivity index (χ3n) is 4.60. The van der Waals surface area contributed by atoms with Gasteiger partial charge in [-0.25, -0.2) is 4.39 Å². The zero-order valence-corrected chi connectivity index (χ0v) is 15.8. The van der Waals surface area contributed by atoms with E-state index in [1.54, 1.807) is 30.3 Å². The minimum Gasteiger partial charge on any atom is -0.496 e. The van der Waals surface area contributed by atoms with E-state index in [0.717, 1.165) is 18.7 Å². The molecule has 1 heterocycles. The first-order valence-corrected chi connectivity index (χ1v) is 9.15. The van der Waals surface area contributed by atoms with Crippen LogP contribution in [0.5, 0.6) is 5.75 Å². The number of nitrogens with zero attached hydrogens (tertiary/aromatic N) is 1. The van der Waals surface area contributed by atoms with Crippen molar-refractivity contribution in [3.63, 3.8) is 0 Å². The van der Waals surface area contributed by atoms with E-state index in [9.17, 15) is 9.18 Å². The van der Waals surface area contributed by atoms with Gasteiger partial charge in [-0.1, -0.05) is 23.7 Å². The van der Waals surface area contributed by atoms with Crippen LogP contribution in [0.15, 0.2) is 42.5 Å². The number of hydrogen-bond acceptors (Lipinski definition) is 4. The number of rotatable bonds is 6. The molecule has 0 aliphatic carbocycles. The number of nitrogens with one attached hydrogen (secondary N) is 1. The molecule has 0 spiro atoms. The third kappa shape index (κ3) is 4.97. The highest BCUT2D eigenvalue weighted by atomic mass is 35.5. The Morgan fingerprint density at radius 1 is 1.26 bits per heavy atom. The smallest absolute Gasteiger partial charge is 0.255 e. The van der Waals surface area contributed by atoms with Gasteiger partial charge in [0.25, 0.3) is 5.91 Å². The largest absolute Gasteiger partial charge is 0.496 e. The Hall–Kier alpha value is -2.15. The fraction of sp³-hybridized carbons (Fsp3) is 0.350. The normalized spacial score (nSPS) is 16.0. The minimum absolute atomic E-state index is 0.0800. The highest BCUT2D eigenvalue weighted by molar-refractivity contribution is 6.31. The molecule has 0 saturated carbocycles. The van der Waals surface area contributed by atoms with Crippen LogP contribution in [0.25, 0.3) is 0 Å². The van der Waals surface area contributed by atoms with Crippen molar-refractivity contribution >= 4 is 17.5 Å². The van der Waals surface area contributed by atoms with Gasteiger partial charge in [-0.15, -0.1) is 0 Å². The van der Waals surface area contributed by atoms with Crippen LogP contribution in [0.1, 0.15) is 22.0 Å². The molecule has 0 aromatic heterocycles. The molecule has 1 N–H and O–H groups in total. The summed E-state index contributed by atoms with van der Waals surface area (Å²) in [5.41, 5.74) is 1.32. The summed E-state index contributed by atoms with van der Waals surface area (Å²) in [4.78, 5) is 14.9. The molecule has 144 valence electrons. The van der Waals surface area contributed by atoms with E-state index in [-0.39, 0.29) is 17.8 Å². The fourth-order valence-corrected chi connectivity index (χ4v) is 3.35. The molecule has 0 unspecified atom stereocenters. The van der Waals surface area contributed by atoms with Gasteiger partial charge in [-0.05, 0) is 35.9 Å². The van der Waals surface area contributed by atoms with E-state index in [0.29, 0.717) is 36.1 Å². The second-order valence-electron chi connectivity index (χ2n) is 6.27. The maximum atomic E-state index is 13.3. The van der Waals surface area contributed by atoms with Crippen molar-refractivity contribution in [2.75, 3.05) is 40.0 Å². The Kier molecular flexibility index (Phi) is 6.66. The molecule has 27 heavy (non-hydrogen) atoms. The molecule has 3 rings (SSSR count). The Bertz CT molecular complexity index is 779. The second-order valence-corrected chi connectivity index (χ2v) is 6.71. The number of benzene rings is 2. The number of carbonyl (C=O) groups is 1. The minimum atomic E-state index is -0.285. The highest BCUT2D eigenvalue weighted by Crippen LogP contribution is 2.24. The molecule has 1 saturated heterocycles. The van der Waals surface area contributed by atoms with E-state index in [1.807, 2.05) is 0 Å². The molecule has 7 heteroatoms. The fourth-order valence-electron chi connectivity index (χ4n) is 3.17. The second kappa shape index (κ2) is 9.17. The average Bonchev–Trinajstić information content (AvgIpc) is 2.70. The number of morpholine rings is 1. The molecular weight excluding hydrogens is 371 g/mol. The molecule has 1 atom stereocenters. The lowest BCUT2D eigenvalue weighted by atomic mass is 10.0. The number of amides is 1. The number of halogens is 2. The standard InChI is InChI=1S/C20H22ClFN2O3/c1-26-19-7-4-15(21)12-17(19)20(25)23-13-18(24-8-10-27-11-9-24)14-2-5-16(22)6-3-14/h2-7,12,18H,8-11,13H2,1H3,(H,23,25)/t18-/m0/s1. The van der Waals surface area contributed by atoms with Crippen molar-refractivity contribution in [1.29, 1.82) is 0 Å². The van der Waals surface area contributed by atoms with Crippen LogP contribution in [0, 0.1) is 5.82 Å². The first kappa shape index (κ1) is 19.6. The van der Waals surface area contributed by atoms with Gasteiger partial charge in [0.05, 0.1) is 31.9 Å². The number of methoxy groups -OCH3 is 1. The molecule has 1 amide bonds. The molecule has 1 aliphatic heterocycles. The van der Waals surface area contributed by atoms with Gasteiger partial charge in [-0.3, -0.25) is 9.69 Å². The summed E-state index contributed by atoms with van der Waals surface area (Å²) in [6, 6.07) is 11.2. The number of carbonyl (C=O) groups excluding carboxylic acids is 1.